The second kappa shape index (κ2) is 4.14. The van der Waals surface area contributed by atoms with Gasteiger partial charge in [-0.25, -0.2) is 0 Å². The zero-order valence-corrected chi connectivity index (χ0v) is 12.4. The highest BCUT2D eigenvalue weighted by atomic mass is 79.9. The summed E-state index contributed by atoms with van der Waals surface area (Å²) in [4.78, 5) is 2.89. The molecule has 2 heterocycles. The molecular weight excluding hydrogens is 294 g/mol. The molecule has 3 heteroatoms. The Bertz CT molecular complexity index is 693. The van der Waals surface area contributed by atoms with Crippen molar-refractivity contribution in [1.82, 2.24) is 4.57 Å². The minimum atomic E-state index is 1.15. The Labute approximate surface area is 113 Å². The first kappa shape index (κ1) is 11.3. The van der Waals surface area contributed by atoms with Gasteiger partial charge in [0, 0.05) is 32.7 Å². The molecule has 0 spiro atoms. The van der Waals surface area contributed by atoms with Crippen LogP contribution < -0.4 is 0 Å². The number of fused-ring (bicyclic) bond motifs is 3. The molecule has 0 amide bonds. The SMILES string of the molecule is CCCc1cc2c3cc(Br)ccc3n(C)c2s1. The average molecular weight is 308 g/mol. The molecule has 0 radical (unpaired) electrons. The van der Waals surface area contributed by atoms with Crippen LogP contribution in [0.15, 0.2) is 28.7 Å². The van der Waals surface area contributed by atoms with E-state index in [0.29, 0.717) is 0 Å². The highest BCUT2D eigenvalue weighted by Gasteiger charge is 2.11. The number of hydrogen-bond acceptors (Lipinski definition) is 1. The summed E-state index contributed by atoms with van der Waals surface area (Å²) in [7, 11) is 2.16. The number of aryl methyl sites for hydroxylation is 2. The minimum absolute atomic E-state index is 1.15. The first-order valence-electron chi connectivity index (χ1n) is 5.87. The largest absolute Gasteiger partial charge is 0.335 e. The van der Waals surface area contributed by atoms with Gasteiger partial charge in [-0.2, -0.15) is 0 Å². The summed E-state index contributed by atoms with van der Waals surface area (Å²) >= 11 is 5.49. The molecule has 0 bridgehead atoms. The van der Waals surface area contributed by atoms with Gasteiger partial charge in [0.05, 0.1) is 0 Å². The topological polar surface area (TPSA) is 4.93 Å². The first-order valence-corrected chi connectivity index (χ1v) is 7.48. The van der Waals surface area contributed by atoms with Crippen LogP contribution >= 0.6 is 27.3 Å². The Morgan fingerprint density at radius 3 is 2.82 bits per heavy atom. The monoisotopic (exact) mass is 307 g/mol. The standard InChI is InChI=1S/C14H14BrNS/c1-3-4-10-8-12-11-7-9(15)5-6-13(11)16(2)14(12)17-10/h5-8H,3-4H2,1-2H3. The predicted molar refractivity (Wildman–Crippen MR) is 80.0 cm³/mol. The fourth-order valence-electron chi connectivity index (χ4n) is 2.37. The van der Waals surface area contributed by atoms with Gasteiger partial charge in [-0.15, -0.1) is 11.3 Å². The maximum Gasteiger partial charge on any atom is 0.103 e. The van der Waals surface area contributed by atoms with Crippen molar-refractivity contribution in [1.29, 1.82) is 0 Å². The third-order valence-electron chi connectivity index (χ3n) is 3.17. The van der Waals surface area contributed by atoms with Gasteiger partial charge in [0.2, 0.25) is 0 Å². The number of thiophene rings is 1. The van der Waals surface area contributed by atoms with E-state index in [0.717, 1.165) is 4.47 Å². The maximum atomic E-state index is 3.56. The molecule has 88 valence electrons. The van der Waals surface area contributed by atoms with E-state index < -0.39 is 0 Å². The van der Waals surface area contributed by atoms with Crippen LogP contribution in [0.2, 0.25) is 0 Å². The molecule has 3 rings (SSSR count). The summed E-state index contributed by atoms with van der Waals surface area (Å²) in [5, 5.41) is 2.76. The van der Waals surface area contributed by atoms with E-state index in [1.54, 1.807) is 0 Å². The van der Waals surface area contributed by atoms with Gasteiger partial charge in [-0.1, -0.05) is 29.3 Å². The molecule has 1 nitrogen and oxygen atoms in total. The molecule has 0 fully saturated rings. The van der Waals surface area contributed by atoms with E-state index in [1.165, 1.54) is 38.8 Å². The minimum Gasteiger partial charge on any atom is -0.335 e. The van der Waals surface area contributed by atoms with Crippen LogP contribution in [-0.2, 0) is 13.5 Å². The highest BCUT2D eigenvalue weighted by molar-refractivity contribution is 9.10. The zero-order valence-electron chi connectivity index (χ0n) is 9.96. The van der Waals surface area contributed by atoms with E-state index >= 15 is 0 Å². The normalized spacial score (nSPS) is 11.7. The second-order valence-corrected chi connectivity index (χ2v) is 6.43. The van der Waals surface area contributed by atoms with Crippen LogP contribution in [0.5, 0.6) is 0 Å². The lowest BCUT2D eigenvalue weighted by Gasteiger charge is -1.97. The van der Waals surface area contributed by atoms with Crippen LogP contribution in [0, 0.1) is 0 Å². The van der Waals surface area contributed by atoms with Crippen molar-refractivity contribution in [2.45, 2.75) is 19.8 Å². The number of halogens is 1. The van der Waals surface area contributed by atoms with E-state index in [-0.39, 0.29) is 0 Å². The zero-order chi connectivity index (χ0) is 12.0. The predicted octanol–water partition coefficient (Wildman–Crippen LogP) is 5.11. The summed E-state index contributed by atoms with van der Waals surface area (Å²) in [5.41, 5.74) is 1.32. The fraction of sp³-hybridized carbons (Fsp3) is 0.286. The first-order chi connectivity index (χ1) is 8.20. The number of nitrogens with zero attached hydrogens (tertiary/aromatic N) is 1. The van der Waals surface area contributed by atoms with E-state index in [9.17, 15) is 0 Å². The number of rotatable bonds is 2. The van der Waals surface area contributed by atoms with Crippen molar-refractivity contribution in [3.63, 3.8) is 0 Å². The molecule has 0 aliphatic carbocycles. The van der Waals surface area contributed by atoms with Gasteiger partial charge < -0.3 is 4.57 Å². The van der Waals surface area contributed by atoms with Crippen molar-refractivity contribution >= 4 is 48.4 Å². The van der Waals surface area contributed by atoms with Gasteiger partial charge in [-0.05, 0) is 30.7 Å². The third kappa shape index (κ3) is 1.72. The lowest BCUT2D eigenvalue weighted by atomic mass is 10.2. The Kier molecular flexibility index (Phi) is 2.75. The molecule has 0 saturated carbocycles. The van der Waals surface area contributed by atoms with Gasteiger partial charge in [0.15, 0.2) is 0 Å². The summed E-state index contributed by atoms with van der Waals surface area (Å²) in [6.07, 6.45) is 2.41. The molecule has 1 aromatic carbocycles. The summed E-state index contributed by atoms with van der Waals surface area (Å²) in [6.45, 7) is 2.24. The molecule has 0 unspecified atom stereocenters. The molecule has 0 atom stereocenters. The molecule has 0 aliphatic heterocycles. The van der Waals surface area contributed by atoms with Gasteiger partial charge >= 0.3 is 0 Å². The van der Waals surface area contributed by atoms with Crippen LogP contribution in [0.4, 0.5) is 0 Å². The van der Waals surface area contributed by atoms with E-state index in [2.05, 4.69) is 58.7 Å². The van der Waals surface area contributed by atoms with Crippen LogP contribution in [-0.4, -0.2) is 4.57 Å². The molecule has 0 N–H and O–H groups in total. The molecule has 3 aromatic rings. The summed E-state index contributed by atoms with van der Waals surface area (Å²) in [5.74, 6) is 0. The van der Waals surface area contributed by atoms with Crippen molar-refractivity contribution in [3.05, 3.63) is 33.6 Å². The lowest BCUT2D eigenvalue weighted by molar-refractivity contribution is 0.940. The Balaban J connectivity index is 2.36. The van der Waals surface area contributed by atoms with Crippen LogP contribution in [0.25, 0.3) is 21.1 Å². The van der Waals surface area contributed by atoms with Crippen LogP contribution in [0.3, 0.4) is 0 Å². The van der Waals surface area contributed by atoms with Crippen molar-refractivity contribution in [2.75, 3.05) is 0 Å². The van der Waals surface area contributed by atoms with Crippen molar-refractivity contribution in [2.24, 2.45) is 7.05 Å². The third-order valence-corrected chi connectivity index (χ3v) is 4.94. The average Bonchev–Trinajstić information content (AvgIpc) is 2.81. The van der Waals surface area contributed by atoms with Gasteiger partial charge in [-0.3, -0.25) is 0 Å². The number of hydrogen-bond donors (Lipinski definition) is 0. The van der Waals surface area contributed by atoms with E-state index in [4.69, 9.17) is 0 Å². The lowest BCUT2D eigenvalue weighted by Crippen LogP contribution is -1.84. The Morgan fingerprint density at radius 1 is 1.24 bits per heavy atom. The molecule has 0 aliphatic rings. The van der Waals surface area contributed by atoms with Crippen molar-refractivity contribution < 1.29 is 0 Å². The van der Waals surface area contributed by atoms with Crippen LogP contribution in [0.1, 0.15) is 18.2 Å². The summed E-state index contributed by atoms with van der Waals surface area (Å²) in [6, 6.07) is 8.88. The summed E-state index contributed by atoms with van der Waals surface area (Å²) < 4.78 is 3.46. The quantitative estimate of drug-likeness (QED) is 0.620. The molecule has 2 aromatic heterocycles. The second-order valence-electron chi connectivity index (χ2n) is 4.40. The van der Waals surface area contributed by atoms with E-state index in [1.807, 2.05) is 11.3 Å². The van der Waals surface area contributed by atoms with Crippen molar-refractivity contribution in [3.8, 4) is 0 Å². The molecular formula is C14H14BrNS. The number of aromatic nitrogens is 1. The Morgan fingerprint density at radius 2 is 2.06 bits per heavy atom. The smallest absolute Gasteiger partial charge is 0.103 e. The maximum absolute atomic E-state index is 3.56. The number of benzene rings is 1. The van der Waals surface area contributed by atoms with Gasteiger partial charge in [0.1, 0.15) is 4.83 Å². The molecule has 17 heavy (non-hydrogen) atoms. The fourth-order valence-corrected chi connectivity index (χ4v) is 3.98. The van der Waals surface area contributed by atoms with Gasteiger partial charge in [0.25, 0.3) is 0 Å². The highest BCUT2D eigenvalue weighted by Crippen LogP contribution is 2.36. The molecule has 0 saturated heterocycles. The Hall–Kier alpha value is -0.800.